The molecular formula is C15H19F4NO3. The van der Waals surface area contributed by atoms with Crippen LogP contribution in [-0.4, -0.2) is 34.3 Å². The second-order valence-electron chi connectivity index (χ2n) is 6.12. The standard InChI is InChI=1S/C15H19F4NO3/c1-9(20(13(21)22)14(2,3)4)8-23-12-6-5-10(16)7-11(12)15(17,18)19/h5-7,9H,8H2,1-4H3,(H,21,22)/t9-/m0/s1. The molecule has 0 saturated carbocycles. The van der Waals surface area contributed by atoms with Crippen molar-refractivity contribution < 1.29 is 32.2 Å². The van der Waals surface area contributed by atoms with Crippen LogP contribution in [0.5, 0.6) is 5.75 Å². The van der Waals surface area contributed by atoms with E-state index in [2.05, 4.69) is 0 Å². The van der Waals surface area contributed by atoms with E-state index in [0.29, 0.717) is 6.07 Å². The fraction of sp³-hybridized carbons (Fsp3) is 0.533. The van der Waals surface area contributed by atoms with E-state index in [9.17, 15) is 27.5 Å². The summed E-state index contributed by atoms with van der Waals surface area (Å²) < 4.78 is 56.8. The van der Waals surface area contributed by atoms with Crippen molar-refractivity contribution in [3.8, 4) is 5.75 Å². The molecule has 4 nitrogen and oxygen atoms in total. The van der Waals surface area contributed by atoms with Crippen LogP contribution in [0.3, 0.4) is 0 Å². The van der Waals surface area contributed by atoms with Crippen molar-refractivity contribution in [3.05, 3.63) is 29.6 Å². The lowest BCUT2D eigenvalue weighted by Crippen LogP contribution is -2.52. The lowest BCUT2D eigenvalue weighted by atomic mass is 10.0. The van der Waals surface area contributed by atoms with Crippen LogP contribution in [0.15, 0.2) is 18.2 Å². The minimum atomic E-state index is -4.77. The molecule has 0 aliphatic rings. The topological polar surface area (TPSA) is 49.8 Å². The third kappa shape index (κ3) is 5.01. The fourth-order valence-corrected chi connectivity index (χ4v) is 2.27. The lowest BCUT2D eigenvalue weighted by Gasteiger charge is -2.37. The van der Waals surface area contributed by atoms with Gasteiger partial charge in [-0.15, -0.1) is 0 Å². The maximum atomic E-state index is 13.0. The molecule has 8 heteroatoms. The summed E-state index contributed by atoms with van der Waals surface area (Å²) in [5.74, 6) is -1.57. The van der Waals surface area contributed by atoms with Gasteiger partial charge in [-0.3, -0.25) is 4.90 Å². The number of amides is 1. The lowest BCUT2D eigenvalue weighted by molar-refractivity contribution is -0.139. The van der Waals surface area contributed by atoms with E-state index in [4.69, 9.17) is 4.74 Å². The Labute approximate surface area is 131 Å². The zero-order valence-electron chi connectivity index (χ0n) is 13.2. The Morgan fingerprint density at radius 3 is 2.30 bits per heavy atom. The van der Waals surface area contributed by atoms with Crippen LogP contribution in [0.25, 0.3) is 0 Å². The second kappa shape index (κ2) is 6.64. The van der Waals surface area contributed by atoms with Gasteiger partial charge in [-0.05, 0) is 45.9 Å². The number of ether oxygens (including phenoxy) is 1. The maximum Gasteiger partial charge on any atom is 0.420 e. The van der Waals surface area contributed by atoms with Crippen LogP contribution < -0.4 is 4.74 Å². The van der Waals surface area contributed by atoms with Crippen LogP contribution in [-0.2, 0) is 6.18 Å². The third-order valence-electron chi connectivity index (χ3n) is 3.10. The second-order valence-corrected chi connectivity index (χ2v) is 6.12. The summed E-state index contributed by atoms with van der Waals surface area (Å²) in [4.78, 5) is 12.4. The third-order valence-corrected chi connectivity index (χ3v) is 3.10. The molecule has 1 aromatic rings. The Kier molecular flexibility index (Phi) is 5.50. The minimum Gasteiger partial charge on any atom is -0.491 e. The number of benzene rings is 1. The van der Waals surface area contributed by atoms with Gasteiger partial charge in [-0.2, -0.15) is 13.2 Å². The molecule has 1 aromatic carbocycles. The predicted octanol–water partition coefficient (Wildman–Crippen LogP) is 4.39. The molecule has 23 heavy (non-hydrogen) atoms. The van der Waals surface area contributed by atoms with Crippen molar-refractivity contribution >= 4 is 6.09 Å². The molecule has 130 valence electrons. The van der Waals surface area contributed by atoms with Crippen molar-refractivity contribution in [1.82, 2.24) is 4.90 Å². The summed E-state index contributed by atoms with van der Waals surface area (Å²) in [6.07, 6.45) is -5.97. The summed E-state index contributed by atoms with van der Waals surface area (Å²) in [6.45, 7) is 6.22. The van der Waals surface area contributed by atoms with Crippen molar-refractivity contribution in [1.29, 1.82) is 0 Å². The Bertz CT molecular complexity index is 567. The molecule has 0 spiro atoms. The molecule has 0 heterocycles. The highest BCUT2D eigenvalue weighted by Crippen LogP contribution is 2.36. The largest absolute Gasteiger partial charge is 0.491 e. The molecule has 1 N–H and O–H groups in total. The average molecular weight is 337 g/mol. The SMILES string of the molecule is C[C@@H](COc1ccc(F)cc1C(F)(F)F)N(C(=O)O)C(C)(C)C. The summed E-state index contributed by atoms with van der Waals surface area (Å²) >= 11 is 0. The molecule has 0 radical (unpaired) electrons. The zero-order chi connectivity index (χ0) is 18.0. The Morgan fingerprint density at radius 2 is 1.87 bits per heavy atom. The first kappa shape index (κ1) is 19.1. The van der Waals surface area contributed by atoms with Gasteiger partial charge in [0.2, 0.25) is 0 Å². The van der Waals surface area contributed by atoms with Crippen molar-refractivity contribution in [2.24, 2.45) is 0 Å². The van der Waals surface area contributed by atoms with Crippen molar-refractivity contribution in [2.75, 3.05) is 6.61 Å². The highest BCUT2D eigenvalue weighted by molar-refractivity contribution is 5.66. The number of rotatable bonds is 4. The number of alkyl halides is 3. The Hall–Kier alpha value is -1.99. The summed E-state index contributed by atoms with van der Waals surface area (Å²) in [7, 11) is 0. The van der Waals surface area contributed by atoms with Gasteiger partial charge in [-0.25, -0.2) is 9.18 Å². The van der Waals surface area contributed by atoms with Crippen LogP contribution in [0.1, 0.15) is 33.3 Å². The predicted molar refractivity (Wildman–Crippen MR) is 76.0 cm³/mol. The molecule has 0 unspecified atom stereocenters. The minimum absolute atomic E-state index is 0.293. The average Bonchev–Trinajstić information content (AvgIpc) is 2.33. The van der Waals surface area contributed by atoms with Gasteiger partial charge < -0.3 is 9.84 Å². The molecule has 0 aliphatic carbocycles. The van der Waals surface area contributed by atoms with Gasteiger partial charge in [0.1, 0.15) is 23.7 Å². The highest BCUT2D eigenvalue weighted by atomic mass is 19.4. The number of nitrogens with zero attached hydrogens (tertiary/aromatic N) is 1. The van der Waals surface area contributed by atoms with E-state index in [0.717, 1.165) is 17.0 Å². The molecule has 1 amide bonds. The van der Waals surface area contributed by atoms with Gasteiger partial charge in [0.05, 0.1) is 6.04 Å². The molecule has 1 atom stereocenters. The molecule has 0 bridgehead atoms. The van der Waals surface area contributed by atoms with Crippen LogP contribution in [0, 0.1) is 5.82 Å². The monoisotopic (exact) mass is 337 g/mol. The first-order chi connectivity index (χ1) is 10.3. The summed E-state index contributed by atoms with van der Waals surface area (Å²) in [6, 6.07) is 1.39. The molecule has 0 aromatic heterocycles. The highest BCUT2D eigenvalue weighted by Gasteiger charge is 2.36. The quantitative estimate of drug-likeness (QED) is 0.829. The number of carbonyl (C=O) groups is 1. The first-order valence-corrected chi connectivity index (χ1v) is 6.86. The van der Waals surface area contributed by atoms with Gasteiger partial charge in [0.15, 0.2) is 0 Å². The van der Waals surface area contributed by atoms with Crippen molar-refractivity contribution in [2.45, 2.75) is 45.5 Å². The normalized spacial score (nSPS) is 13.6. The van der Waals surface area contributed by atoms with Crippen LogP contribution in [0.4, 0.5) is 22.4 Å². The zero-order valence-corrected chi connectivity index (χ0v) is 13.2. The Morgan fingerprint density at radius 1 is 1.30 bits per heavy atom. The van der Waals surface area contributed by atoms with E-state index < -0.39 is 41.0 Å². The van der Waals surface area contributed by atoms with E-state index in [1.807, 2.05) is 0 Å². The van der Waals surface area contributed by atoms with Crippen molar-refractivity contribution in [3.63, 3.8) is 0 Å². The van der Waals surface area contributed by atoms with E-state index in [1.165, 1.54) is 6.92 Å². The molecule has 0 fully saturated rings. The molecular weight excluding hydrogens is 318 g/mol. The van der Waals surface area contributed by atoms with Crippen LogP contribution in [0.2, 0.25) is 0 Å². The van der Waals surface area contributed by atoms with Gasteiger partial charge in [-0.1, -0.05) is 0 Å². The number of hydrogen-bond donors (Lipinski definition) is 1. The number of carboxylic acid groups (broad SMARTS) is 1. The summed E-state index contributed by atoms with van der Waals surface area (Å²) in [5, 5.41) is 9.24. The van der Waals surface area contributed by atoms with Gasteiger partial charge in [0.25, 0.3) is 0 Å². The van der Waals surface area contributed by atoms with Crippen LogP contribution >= 0.6 is 0 Å². The summed E-state index contributed by atoms with van der Waals surface area (Å²) in [5.41, 5.74) is -1.98. The smallest absolute Gasteiger partial charge is 0.420 e. The van der Waals surface area contributed by atoms with Gasteiger partial charge in [0, 0.05) is 5.54 Å². The fourth-order valence-electron chi connectivity index (χ4n) is 2.27. The maximum absolute atomic E-state index is 13.0. The molecule has 0 aliphatic heterocycles. The first-order valence-electron chi connectivity index (χ1n) is 6.86. The molecule has 1 rings (SSSR count). The van der Waals surface area contributed by atoms with E-state index in [1.54, 1.807) is 20.8 Å². The Balaban J connectivity index is 2.96. The van der Waals surface area contributed by atoms with E-state index >= 15 is 0 Å². The van der Waals surface area contributed by atoms with E-state index in [-0.39, 0.29) is 6.61 Å². The molecule has 0 saturated heterocycles. The number of hydrogen-bond acceptors (Lipinski definition) is 2. The number of halogens is 4. The van der Waals surface area contributed by atoms with Gasteiger partial charge >= 0.3 is 12.3 Å².